The van der Waals surface area contributed by atoms with Gasteiger partial charge in [-0.2, -0.15) is 0 Å². The maximum Gasteiger partial charge on any atom is 0.350 e. The number of hydrogen-bond donors (Lipinski definition) is 1. The van der Waals surface area contributed by atoms with Gasteiger partial charge < -0.3 is 19.3 Å². The Kier molecular flexibility index (Phi) is 6.68. The van der Waals surface area contributed by atoms with Crippen LogP contribution in [0.4, 0.5) is 9.52 Å². The van der Waals surface area contributed by atoms with E-state index in [1.54, 1.807) is 19.1 Å². The number of benzene rings is 2. The van der Waals surface area contributed by atoms with Crippen molar-refractivity contribution in [2.75, 3.05) is 24.7 Å². The Morgan fingerprint density at radius 1 is 1.24 bits per heavy atom. The molecule has 2 aromatic carbocycles. The minimum atomic E-state index is -1.35. The Bertz CT molecular complexity index is 1510. The summed E-state index contributed by atoms with van der Waals surface area (Å²) < 4.78 is 31.3. The van der Waals surface area contributed by atoms with Crippen molar-refractivity contribution in [2.45, 2.75) is 13.0 Å². The van der Waals surface area contributed by atoms with E-state index in [2.05, 4.69) is 11.6 Å². The molecule has 0 spiro atoms. The van der Waals surface area contributed by atoms with Gasteiger partial charge in [-0.15, -0.1) is 0 Å². The normalized spacial score (nSPS) is 17.9. The number of carbonyl (C=O) groups is 3. The Hall–Kier alpha value is -4.51. The van der Waals surface area contributed by atoms with Gasteiger partial charge in [0.05, 0.1) is 11.3 Å². The minimum Gasteiger partial charge on any atom is -0.507 e. The van der Waals surface area contributed by atoms with Crippen LogP contribution in [-0.4, -0.2) is 47.6 Å². The van der Waals surface area contributed by atoms with Gasteiger partial charge in [-0.05, 0) is 31.2 Å². The SMILES string of the molecule is C=CCOC(=O)c1sc(N2C(=O)C(=O)C(=C(O)c3ccc4c(c3)OCCO4)[C@H]2c2ccccc2F)nc1C. The monoisotopic (exact) mass is 536 g/mol. The molecule has 0 unspecified atom stereocenters. The van der Waals surface area contributed by atoms with Crippen LogP contribution in [0, 0.1) is 12.7 Å². The fraction of sp³-hybridized carbons (Fsp3) is 0.185. The number of aromatic nitrogens is 1. The van der Waals surface area contributed by atoms with Crippen LogP contribution in [-0.2, 0) is 14.3 Å². The predicted molar refractivity (Wildman–Crippen MR) is 136 cm³/mol. The third-order valence-corrected chi connectivity index (χ3v) is 7.11. The highest BCUT2D eigenvalue weighted by Gasteiger charge is 2.49. The molecule has 1 fully saturated rings. The molecule has 0 aliphatic carbocycles. The minimum absolute atomic E-state index is 0.0235. The lowest BCUT2D eigenvalue weighted by atomic mass is 9.95. The van der Waals surface area contributed by atoms with Crippen LogP contribution in [0.25, 0.3) is 5.76 Å². The van der Waals surface area contributed by atoms with Gasteiger partial charge in [-0.25, -0.2) is 14.2 Å². The molecule has 38 heavy (non-hydrogen) atoms. The summed E-state index contributed by atoms with van der Waals surface area (Å²) in [7, 11) is 0. The molecule has 11 heteroatoms. The first kappa shape index (κ1) is 25.2. The second kappa shape index (κ2) is 10.1. The van der Waals surface area contributed by atoms with Crippen LogP contribution >= 0.6 is 11.3 Å². The number of rotatable bonds is 6. The summed E-state index contributed by atoms with van der Waals surface area (Å²) in [6.07, 6.45) is 1.41. The lowest BCUT2D eigenvalue weighted by Crippen LogP contribution is -2.29. The molecule has 1 N–H and O–H groups in total. The molecule has 3 aromatic rings. The van der Waals surface area contributed by atoms with Crippen LogP contribution in [0.1, 0.15) is 32.5 Å². The quantitative estimate of drug-likeness (QED) is 0.163. The van der Waals surface area contributed by atoms with Crippen molar-refractivity contribution in [3.8, 4) is 11.5 Å². The first-order valence-electron chi connectivity index (χ1n) is 11.5. The number of amides is 1. The maximum atomic E-state index is 15.1. The predicted octanol–water partition coefficient (Wildman–Crippen LogP) is 4.33. The van der Waals surface area contributed by atoms with Gasteiger partial charge in [-0.1, -0.05) is 42.2 Å². The van der Waals surface area contributed by atoms with Gasteiger partial charge in [0.2, 0.25) is 0 Å². The molecule has 194 valence electrons. The lowest BCUT2D eigenvalue weighted by Gasteiger charge is -2.23. The molecule has 1 aromatic heterocycles. The molecule has 0 saturated carbocycles. The second-order valence-corrected chi connectivity index (χ2v) is 9.32. The number of halogens is 1. The number of Topliss-reactive ketones (excluding diaryl/α,β-unsaturated/α-hetero) is 1. The highest BCUT2D eigenvalue weighted by molar-refractivity contribution is 7.17. The fourth-order valence-corrected chi connectivity index (χ4v) is 5.23. The van der Waals surface area contributed by atoms with E-state index in [9.17, 15) is 19.5 Å². The van der Waals surface area contributed by atoms with Crippen LogP contribution in [0.3, 0.4) is 0 Å². The lowest BCUT2D eigenvalue weighted by molar-refractivity contribution is -0.132. The number of ether oxygens (including phenoxy) is 3. The van der Waals surface area contributed by atoms with Gasteiger partial charge in [0.25, 0.3) is 5.78 Å². The zero-order chi connectivity index (χ0) is 27.0. The molecule has 1 atom stereocenters. The van der Waals surface area contributed by atoms with E-state index in [0.29, 0.717) is 24.7 Å². The Morgan fingerprint density at radius 2 is 1.97 bits per heavy atom. The van der Waals surface area contributed by atoms with Crippen molar-refractivity contribution in [2.24, 2.45) is 0 Å². The molecular formula is C27H21FN2O7S. The van der Waals surface area contributed by atoms with E-state index in [1.807, 2.05) is 0 Å². The zero-order valence-electron chi connectivity index (χ0n) is 20.1. The maximum absolute atomic E-state index is 15.1. The summed E-state index contributed by atoms with van der Waals surface area (Å²) >= 11 is 0.823. The van der Waals surface area contributed by atoms with E-state index >= 15 is 4.39 Å². The average molecular weight is 537 g/mol. The number of aliphatic hydroxyl groups excluding tert-OH is 1. The largest absolute Gasteiger partial charge is 0.507 e. The van der Waals surface area contributed by atoms with Crippen molar-refractivity contribution in [3.05, 3.63) is 88.2 Å². The summed E-state index contributed by atoms with van der Waals surface area (Å²) in [5.74, 6) is -3.14. The molecule has 1 saturated heterocycles. The Balaban J connectivity index is 1.66. The molecule has 5 rings (SSSR count). The number of nitrogens with zero attached hydrogens (tertiary/aromatic N) is 2. The van der Waals surface area contributed by atoms with Crippen molar-refractivity contribution < 1.29 is 38.1 Å². The van der Waals surface area contributed by atoms with Crippen LogP contribution in [0.15, 0.2) is 60.7 Å². The fourth-order valence-electron chi connectivity index (χ4n) is 4.24. The molecule has 9 nitrogen and oxygen atoms in total. The number of hydrogen-bond acceptors (Lipinski definition) is 9. The number of anilines is 1. The van der Waals surface area contributed by atoms with Crippen LogP contribution < -0.4 is 14.4 Å². The van der Waals surface area contributed by atoms with E-state index in [0.717, 1.165) is 16.2 Å². The Labute approximate surface area is 220 Å². The molecule has 2 aliphatic heterocycles. The van der Waals surface area contributed by atoms with E-state index in [-0.39, 0.29) is 39.0 Å². The molecule has 3 heterocycles. The summed E-state index contributed by atoms with van der Waals surface area (Å²) in [6, 6.07) is 8.82. The summed E-state index contributed by atoms with van der Waals surface area (Å²) in [6.45, 7) is 5.70. The summed E-state index contributed by atoms with van der Waals surface area (Å²) in [5, 5.41) is 11.3. The number of carbonyl (C=O) groups excluding carboxylic acids is 3. The van der Waals surface area contributed by atoms with Gasteiger partial charge in [0, 0.05) is 11.1 Å². The van der Waals surface area contributed by atoms with Crippen molar-refractivity contribution in [1.29, 1.82) is 0 Å². The summed E-state index contributed by atoms with van der Waals surface area (Å²) in [4.78, 5) is 44.6. The molecule has 1 amide bonds. The van der Waals surface area contributed by atoms with E-state index in [1.165, 1.54) is 36.4 Å². The highest BCUT2D eigenvalue weighted by Crippen LogP contribution is 2.45. The van der Waals surface area contributed by atoms with Crippen molar-refractivity contribution >= 4 is 39.9 Å². The standard InChI is InChI=1S/C27H21FN2O7S/c1-3-10-37-26(34)24-14(2)29-27(38-24)30-21(16-6-4-5-7-17(16)28)20(23(32)25(30)33)22(31)15-8-9-18-19(13-15)36-12-11-35-18/h3-9,13,21,31H,1,10-12H2,2H3/t21-/m1/s1. The number of esters is 1. The number of thiazole rings is 1. The second-order valence-electron chi connectivity index (χ2n) is 8.35. The first-order valence-corrected chi connectivity index (χ1v) is 12.3. The first-order chi connectivity index (χ1) is 18.3. The highest BCUT2D eigenvalue weighted by atomic mass is 32.1. The number of ketones is 1. The van der Waals surface area contributed by atoms with Crippen LogP contribution in [0.5, 0.6) is 11.5 Å². The average Bonchev–Trinajstić information content (AvgIpc) is 3.43. The van der Waals surface area contributed by atoms with Crippen molar-refractivity contribution in [1.82, 2.24) is 4.98 Å². The molecule has 2 aliphatic rings. The van der Waals surface area contributed by atoms with Gasteiger partial charge >= 0.3 is 11.9 Å². The van der Waals surface area contributed by atoms with Crippen LogP contribution in [0.2, 0.25) is 0 Å². The topological polar surface area (TPSA) is 115 Å². The van der Waals surface area contributed by atoms with Gasteiger partial charge in [0.1, 0.15) is 42.3 Å². The van der Waals surface area contributed by atoms with Gasteiger partial charge in [-0.3, -0.25) is 14.5 Å². The Morgan fingerprint density at radius 3 is 2.71 bits per heavy atom. The number of aryl methyl sites for hydroxylation is 1. The van der Waals surface area contributed by atoms with E-state index < -0.39 is 35.3 Å². The molecule has 0 bridgehead atoms. The van der Waals surface area contributed by atoms with Crippen molar-refractivity contribution in [3.63, 3.8) is 0 Å². The number of fused-ring (bicyclic) bond motifs is 1. The smallest absolute Gasteiger partial charge is 0.350 e. The van der Waals surface area contributed by atoms with E-state index in [4.69, 9.17) is 14.2 Å². The summed E-state index contributed by atoms with van der Waals surface area (Å²) in [5.41, 5.74) is 0.0764. The van der Waals surface area contributed by atoms with Gasteiger partial charge in [0.15, 0.2) is 16.6 Å². The molecule has 0 radical (unpaired) electrons. The molecular weight excluding hydrogens is 515 g/mol. The zero-order valence-corrected chi connectivity index (χ0v) is 20.9. The third-order valence-electron chi connectivity index (χ3n) is 5.97. The third kappa shape index (κ3) is 4.30. The number of aliphatic hydroxyl groups is 1.